The van der Waals surface area contributed by atoms with E-state index < -0.39 is 0 Å². The first-order valence-corrected chi connectivity index (χ1v) is 7.39. The van der Waals surface area contributed by atoms with E-state index in [4.69, 9.17) is 4.98 Å². The average Bonchev–Trinajstić information content (AvgIpc) is 2.84. The van der Waals surface area contributed by atoms with Crippen molar-refractivity contribution < 1.29 is 0 Å². The summed E-state index contributed by atoms with van der Waals surface area (Å²) in [6.07, 6.45) is 0. The Balaban J connectivity index is 1.71. The molecule has 108 valence electrons. The second-order valence-corrected chi connectivity index (χ2v) is 5.39. The van der Waals surface area contributed by atoms with Crippen LogP contribution in [-0.2, 0) is 13.1 Å². The third-order valence-corrected chi connectivity index (χ3v) is 4.01. The minimum Gasteiger partial charge on any atom is -0.327 e. The molecule has 2 heterocycles. The second-order valence-electron chi connectivity index (χ2n) is 5.39. The monoisotopic (exact) mass is 273 g/mol. The van der Waals surface area contributed by atoms with Crippen molar-refractivity contribution in [2.24, 2.45) is 0 Å². The van der Waals surface area contributed by atoms with Crippen molar-refractivity contribution in [1.82, 2.24) is 24.9 Å². The van der Waals surface area contributed by atoms with Gasteiger partial charge in [0.2, 0.25) is 0 Å². The van der Waals surface area contributed by atoms with Gasteiger partial charge in [0.25, 0.3) is 0 Å². The predicted octanol–water partition coefficient (Wildman–Crippen LogP) is 1.31. The lowest BCUT2D eigenvalue weighted by Crippen LogP contribution is -2.50. The van der Waals surface area contributed by atoms with Gasteiger partial charge < -0.3 is 9.47 Å². The van der Waals surface area contributed by atoms with Gasteiger partial charge >= 0.3 is 0 Å². The molecule has 1 aromatic heterocycles. The van der Waals surface area contributed by atoms with Crippen LogP contribution in [0.4, 0.5) is 0 Å². The summed E-state index contributed by atoms with van der Waals surface area (Å²) in [5.41, 5.74) is 5.83. The molecule has 0 saturated carbocycles. The summed E-state index contributed by atoms with van der Waals surface area (Å²) in [7, 11) is 2.17. The molecule has 2 aromatic rings. The standard InChI is InChI=1S/C15H23N5/c1-3-20-14-7-5-4-6-13(14)17-15(20)12-16-19-10-8-18(2)9-11-19/h4-7,16H,3,8-12H2,1-2H3. The molecule has 0 amide bonds. The summed E-state index contributed by atoms with van der Waals surface area (Å²) >= 11 is 0. The van der Waals surface area contributed by atoms with E-state index in [2.05, 4.69) is 52.1 Å². The number of para-hydroxylation sites is 2. The fraction of sp³-hybridized carbons (Fsp3) is 0.533. The van der Waals surface area contributed by atoms with E-state index in [9.17, 15) is 0 Å². The van der Waals surface area contributed by atoms with Crippen molar-refractivity contribution >= 4 is 11.0 Å². The van der Waals surface area contributed by atoms with Crippen molar-refractivity contribution in [3.8, 4) is 0 Å². The zero-order chi connectivity index (χ0) is 13.9. The summed E-state index contributed by atoms with van der Waals surface area (Å²) in [4.78, 5) is 7.11. The highest BCUT2D eigenvalue weighted by molar-refractivity contribution is 5.75. The van der Waals surface area contributed by atoms with Crippen LogP contribution >= 0.6 is 0 Å². The molecule has 0 unspecified atom stereocenters. The number of hydrazine groups is 1. The zero-order valence-electron chi connectivity index (χ0n) is 12.3. The van der Waals surface area contributed by atoms with Gasteiger partial charge in [0.05, 0.1) is 17.6 Å². The maximum Gasteiger partial charge on any atom is 0.125 e. The van der Waals surface area contributed by atoms with Gasteiger partial charge in [-0.15, -0.1) is 0 Å². The quantitative estimate of drug-likeness (QED) is 0.911. The summed E-state index contributed by atoms with van der Waals surface area (Å²) in [5.74, 6) is 1.12. The second kappa shape index (κ2) is 5.91. The Morgan fingerprint density at radius 1 is 1.15 bits per heavy atom. The summed E-state index contributed by atoms with van der Waals surface area (Å²) < 4.78 is 2.29. The SMILES string of the molecule is CCn1c(CNN2CCN(C)CC2)nc2ccccc21. The summed E-state index contributed by atoms with van der Waals surface area (Å²) in [6, 6.07) is 8.35. The zero-order valence-corrected chi connectivity index (χ0v) is 12.3. The van der Waals surface area contributed by atoms with Gasteiger partial charge in [0.15, 0.2) is 0 Å². The van der Waals surface area contributed by atoms with Gasteiger partial charge in [-0.25, -0.2) is 15.4 Å². The van der Waals surface area contributed by atoms with Gasteiger partial charge in [0, 0.05) is 32.7 Å². The first-order chi connectivity index (χ1) is 9.78. The molecule has 0 aliphatic carbocycles. The molecule has 1 aliphatic heterocycles. The maximum atomic E-state index is 4.75. The van der Waals surface area contributed by atoms with Crippen molar-refractivity contribution in [3.05, 3.63) is 30.1 Å². The fourth-order valence-corrected chi connectivity index (χ4v) is 2.76. The number of fused-ring (bicyclic) bond motifs is 1. The third kappa shape index (κ3) is 2.70. The molecule has 5 nitrogen and oxygen atoms in total. The molecule has 0 atom stereocenters. The highest BCUT2D eigenvalue weighted by Crippen LogP contribution is 2.15. The Bertz CT molecular complexity index is 569. The van der Waals surface area contributed by atoms with Crippen molar-refractivity contribution in [1.29, 1.82) is 0 Å². The number of nitrogens with zero attached hydrogens (tertiary/aromatic N) is 4. The minimum absolute atomic E-state index is 0.798. The minimum atomic E-state index is 0.798. The third-order valence-electron chi connectivity index (χ3n) is 4.01. The van der Waals surface area contributed by atoms with Crippen LogP contribution in [0.25, 0.3) is 11.0 Å². The largest absolute Gasteiger partial charge is 0.327 e. The maximum absolute atomic E-state index is 4.75. The number of benzene rings is 1. The Morgan fingerprint density at radius 3 is 2.65 bits per heavy atom. The number of hydrogen-bond donors (Lipinski definition) is 1. The molecule has 1 saturated heterocycles. The number of piperazine rings is 1. The number of aromatic nitrogens is 2. The first-order valence-electron chi connectivity index (χ1n) is 7.39. The van der Waals surface area contributed by atoms with E-state index in [1.54, 1.807) is 0 Å². The predicted molar refractivity (Wildman–Crippen MR) is 81.3 cm³/mol. The fourth-order valence-electron chi connectivity index (χ4n) is 2.76. The van der Waals surface area contributed by atoms with Crippen LogP contribution in [0.3, 0.4) is 0 Å². The lowest BCUT2D eigenvalue weighted by Gasteiger charge is -2.32. The Hall–Kier alpha value is -1.43. The van der Waals surface area contributed by atoms with E-state index in [0.717, 1.165) is 50.6 Å². The van der Waals surface area contributed by atoms with E-state index in [0.29, 0.717) is 0 Å². The Labute approximate surface area is 120 Å². The highest BCUT2D eigenvalue weighted by atomic mass is 15.5. The van der Waals surface area contributed by atoms with Crippen LogP contribution in [0, 0.1) is 0 Å². The van der Waals surface area contributed by atoms with Gasteiger partial charge in [-0.2, -0.15) is 0 Å². The smallest absolute Gasteiger partial charge is 0.125 e. The molecule has 1 fully saturated rings. The van der Waals surface area contributed by atoms with Crippen molar-refractivity contribution in [2.45, 2.75) is 20.0 Å². The van der Waals surface area contributed by atoms with Crippen LogP contribution in [0.2, 0.25) is 0 Å². The van der Waals surface area contributed by atoms with Crippen LogP contribution < -0.4 is 5.43 Å². The van der Waals surface area contributed by atoms with E-state index >= 15 is 0 Å². The molecular formula is C15H23N5. The van der Waals surface area contributed by atoms with Gasteiger partial charge in [-0.3, -0.25) is 0 Å². The van der Waals surface area contributed by atoms with Crippen molar-refractivity contribution in [3.63, 3.8) is 0 Å². The number of imidazole rings is 1. The van der Waals surface area contributed by atoms with Crippen molar-refractivity contribution in [2.75, 3.05) is 33.2 Å². The van der Waals surface area contributed by atoms with Gasteiger partial charge in [0.1, 0.15) is 5.82 Å². The van der Waals surface area contributed by atoms with Gasteiger partial charge in [-0.05, 0) is 26.1 Å². The number of aryl methyl sites for hydroxylation is 1. The number of hydrogen-bond acceptors (Lipinski definition) is 4. The Kier molecular flexibility index (Phi) is 4.00. The van der Waals surface area contributed by atoms with Crippen LogP contribution in [0.1, 0.15) is 12.7 Å². The molecule has 5 heteroatoms. The molecule has 1 aliphatic rings. The molecule has 20 heavy (non-hydrogen) atoms. The molecule has 0 spiro atoms. The highest BCUT2D eigenvalue weighted by Gasteiger charge is 2.15. The van der Waals surface area contributed by atoms with Gasteiger partial charge in [-0.1, -0.05) is 12.1 Å². The van der Waals surface area contributed by atoms with E-state index in [1.165, 1.54) is 5.52 Å². The van der Waals surface area contributed by atoms with E-state index in [-0.39, 0.29) is 0 Å². The topological polar surface area (TPSA) is 36.3 Å². The van der Waals surface area contributed by atoms with E-state index in [1.807, 2.05) is 6.07 Å². The van der Waals surface area contributed by atoms with Crippen LogP contribution in [0.5, 0.6) is 0 Å². The Morgan fingerprint density at radius 2 is 1.90 bits per heavy atom. The van der Waals surface area contributed by atoms with Crippen LogP contribution in [0.15, 0.2) is 24.3 Å². The summed E-state index contributed by atoms with van der Waals surface area (Å²) in [5, 5.41) is 2.30. The normalized spacial score (nSPS) is 17.9. The summed E-state index contributed by atoms with van der Waals surface area (Å²) in [6.45, 7) is 8.32. The average molecular weight is 273 g/mol. The van der Waals surface area contributed by atoms with Crippen LogP contribution in [-0.4, -0.2) is 52.7 Å². The lowest BCUT2D eigenvalue weighted by molar-refractivity contribution is 0.101. The molecule has 1 N–H and O–H groups in total. The first kappa shape index (κ1) is 13.5. The number of rotatable bonds is 4. The molecule has 0 bridgehead atoms. The molecule has 1 aromatic carbocycles. The number of nitrogens with one attached hydrogen (secondary N) is 1. The lowest BCUT2D eigenvalue weighted by atomic mass is 10.3. The molecule has 3 rings (SSSR count). The number of likely N-dealkylation sites (N-methyl/N-ethyl adjacent to an activating group) is 1. The molecule has 0 radical (unpaired) electrons. The molecular weight excluding hydrogens is 250 g/mol.